The van der Waals surface area contributed by atoms with Gasteiger partial charge in [-0.3, -0.25) is 4.79 Å². The molecule has 0 saturated heterocycles. The molecule has 2 fully saturated rings. The minimum atomic E-state index is 0.189. The van der Waals surface area contributed by atoms with Gasteiger partial charge < -0.3 is 10.1 Å². The van der Waals surface area contributed by atoms with Gasteiger partial charge in [0.25, 0.3) is 0 Å². The van der Waals surface area contributed by atoms with Crippen LogP contribution >= 0.6 is 0 Å². The Balaban J connectivity index is 1.37. The summed E-state index contributed by atoms with van der Waals surface area (Å²) in [6.07, 6.45) is 4.88. The first-order chi connectivity index (χ1) is 11.3. The molecule has 2 saturated carbocycles. The number of nitrogens with one attached hydrogen (secondary N) is 1. The molecule has 0 heterocycles. The first-order valence-electron chi connectivity index (χ1n) is 8.42. The zero-order chi connectivity index (χ0) is 15.6. The van der Waals surface area contributed by atoms with Gasteiger partial charge in [-0.1, -0.05) is 24.6 Å². The molecule has 3 nitrogen and oxygen atoms in total. The van der Waals surface area contributed by atoms with Gasteiger partial charge in [0.1, 0.15) is 11.5 Å². The summed E-state index contributed by atoms with van der Waals surface area (Å²) in [5, 5.41) is 3.07. The first-order valence-corrected chi connectivity index (χ1v) is 8.42. The summed E-state index contributed by atoms with van der Waals surface area (Å²) in [6, 6.07) is 17.3. The third-order valence-electron chi connectivity index (χ3n) is 5.18. The standard InChI is InChI=1S/C20H21NO2/c22-20(19-13-14-6-7-15(19)12-14)21-16-8-10-18(11-9-16)23-17-4-2-1-3-5-17/h1-5,8-11,14-15,19H,6-7,12-13H2,(H,21,22)/t14-,15-,19+/m0/s1. The number of hydrogen-bond acceptors (Lipinski definition) is 2. The lowest BCUT2D eigenvalue weighted by Gasteiger charge is -2.20. The molecule has 1 amide bonds. The van der Waals surface area contributed by atoms with Crippen LogP contribution in [-0.2, 0) is 4.79 Å². The van der Waals surface area contributed by atoms with Crippen LogP contribution in [0.15, 0.2) is 54.6 Å². The van der Waals surface area contributed by atoms with Crippen molar-refractivity contribution in [3.8, 4) is 11.5 Å². The molecule has 0 aromatic heterocycles. The van der Waals surface area contributed by atoms with Gasteiger partial charge in [-0.05, 0) is 67.5 Å². The van der Waals surface area contributed by atoms with Gasteiger partial charge in [-0.2, -0.15) is 0 Å². The van der Waals surface area contributed by atoms with Crippen LogP contribution in [0.2, 0.25) is 0 Å². The van der Waals surface area contributed by atoms with Crippen LogP contribution in [0.5, 0.6) is 11.5 Å². The maximum absolute atomic E-state index is 12.4. The second kappa shape index (κ2) is 6.07. The summed E-state index contributed by atoms with van der Waals surface area (Å²) < 4.78 is 5.77. The number of ether oxygens (including phenoxy) is 1. The van der Waals surface area contributed by atoms with Crippen molar-refractivity contribution in [1.29, 1.82) is 0 Å². The third-order valence-corrected chi connectivity index (χ3v) is 5.18. The summed E-state index contributed by atoms with van der Waals surface area (Å²) >= 11 is 0. The Bertz CT molecular complexity index is 681. The fourth-order valence-electron chi connectivity index (χ4n) is 4.03. The number of benzene rings is 2. The first kappa shape index (κ1) is 14.3. The molecule has 0 spiro atoms. The van der Waals surface area contributed by atoms with Crippen LogP contribution in [0.4, 0.5) is 5.69 Å². The third kappa shape index (κ3) is 3.09. The highest BCUT2D eigenvalue weighted by atomic mass is 16.5. The molecule has 2 aromatic rings. The molecule has 118 valence electrons. The number of amides is 1. The van der Waals surface area contributed by atoms with E-state index in [2.05, 4.69) is 5.32 Å². The van der Waals surface area contributed by atoms with Crippen molar-refractivity contribution >= 4 is 11.6 Å². The molecule has 23 heavy (non-hydrogen) atoms. The molecule has 0 radical (unpaired) electrons. The number of hydrogen-bond donors (Lipinski definition) is 1. The van der Waals surface area contributed by atoms with E-state index in [1.807, 2.05) is 54.6 Å². The van der Waals surface area contributed by atoms with Crippen LogP contribution < -0.4 is 10.1 Å². The van der Waals surface area contributed by atoms with E-state index in [0.717, 1.165) is 29.5 Å². The number of carbonyl (C=O) groups is 1. The molecule has 1 N–H and O–H groups in total. The average Bonchev–Trinajstić information content (AvgIpc) is 3.21. The van der Waals surface area contributed by atoms with Crippen molar-refractivity contribution in [2.75, 3.05) is 5.32 Å². The molecule has 2 bridgehead atoms. The fourth-order valence-corrected chi connectivity index (χ4v) is 4.03. The highest BCUT2D eigenvalue weighted by Gasteiger charge is 2.42. The van der Waals surface area contributed by atoms with Crippen molar-refractivity contribution in [3.05, 3.63) is 54.6 Å². The number of rotatable bonds is 4. The molecule has 0 aliphatic heterocycles. The van der Waals surface area contributed by atoms with E-state index < -0.39 is 0 Å². The zero-order valence-corrected chi connectivity index (χ0v) is 13.1. The Hall–Kier alpha value is -2.29. The lowest BCUT2D eigenvalue weighted by molar-refractivity contribution is -0.121. The number of para-hydroxylation sites is 1. The molecular formula is C20H21NO2. The smallest absolute Gasteiger partial charge is 0.227 e. The molecule has 0 unspecified atom stereocenters. The van der Waals surface area contributed by atoms with E-state index >= 15 is 0 Å². The van der Waals surface area contributed by atoms with Crippen molar-refractivity contribution in [2.24, 2.45) is 17.8 Å². The van der Waals surface area contributed by atoms with Gasteiger partial charge in [0.2, 0.25) is 5.91 Å². The minimum absolute atomic E-state index is 0.189. The number of anilines is 1. The van der Waals surface area contributed by atoms with Crippen molar-refractivity contribution in [1.82, 2.24) is 0 Å². The largest absolute Gasteiger partial charge is 0.457 e. The quantitative estimate of drug-likeness (QED) is 0.876. The summed E-state index contributed by atoms with van der Waals surface area (Å²) in [5.41, 5.74) is 0.846. The Morgan fingerprint density at radius 2 is 1.65 bits per heavy atom. The minimum Gasteiger partial charge on any atom is -0.457 e. The van der Waals surface area contributed by atoms with Gasteiger partial charge in [0.15, 0.2) is 0 Å². The molecule has 2 aromatic carbocycles. The van der Waals surface area contributed by atoms with E-state index in [4.69, 9.17) is 4.74 Å². The lowest BCUT2D eigenvalue weighted by Crippen LogP contribution is -2.27. The van der Waals surface area contributed by atoms with E-state index in [9.17, 15) is 4.79 Å². The fraction of sp³-hybridized carbons (Fsp3) is 0.350. The van der Waals surface area contributed by atoms with Crippen molar-refractivity contribution in [2.45, 2.75) is 25.7 Å². The van der Waals surface area contributed by atoms with E-state index in [0.29, 0.717) is 5.92 Å². The van der Waals surface area contributed by atoms with Crippen LogP contribution in [0.25, 0.3) is 0 Å². The number of carbonyl (C=O) groups excluding carboxylic acids is 1. The predicted octanol–water partition coefficient (Wildman–Crippen LogP) is 4.85. The average molecular weight is 307 g/mol. The number of fused-ring (bicyclic) bond motifs is 2. The Labute approximate surface area is 136 Å². The van der Waals surface area contributed by atoms with Crippen LogP contribution in [0, 0.1) is 17.8 Å². The van der Waals surface area contributed by atoms with Gasteiger partial charge in [-0.25, -0.2) is 0 Å². The van der Waals surface area contributed by atoms with E-state index in [1.165, 1.54) is 19.3 Å². The van der Waals surface area contributed by atoms with Gasteiger partial charge in [0.05, 0.1) is 0 Å². The topological polar surface area (TPSA) is 38.3 Å². The molecule has 2 aliphatic rings. The second-order valence-corrected chi connectivity index (χ2v) is 6.71. The predicted molar refractivity (Wildman–Crippen MR) is 90.5 cm³/mol. The molecule has 2 aliphatic carbocycles. The summed E-state index contributed by atoms with van der Waals surface area (Å²) in [5.74, 6) is 3.39. The maximum atomic E-state index is 12.4. The Kier molecular flexibility index (Phi) is 3.78. The van der Waals surface area contributed by atoms with Gasteiger partial charge in [0, 0.05) is 11.6 Å². The highest BCUT2D eigenvalue weighted by molar-refractivity contribution is 5.93. The molecular weight excluding hydrogens is 286 g/mol. The Morgan fingerprint density at radius 3 is 2.30 bits per heavy atom. The van der Waals surface area contributed by atoms with Crippen LogP contribution in [0.3, 0.4) is 0 Å². The Morgan fingerprint density at radius 1 is 0.913 bits per heavy atom. The highest BCUT2D eigenvalue weighted by Crippen LogP contribution is 2.48. The molecule has 3 heteroatoms. The second-order valence-electron chi connectivity index (χ2n) is 6.71. The van der Waals surface area contributed by atoms with E-state index in [-0.39, 0.29) is 11.8 Å². The van der Waals surface area contributed by atoms with E-state index in [1.54, 1.807) is 0 Å². The van der Waals surface area contributed by atoms with Gasteiger partial charge >= 0.3 is 0 Å². The summed E-state index contributed by atoms with van der Waals surface area (Å²) in [6.45, 7) is 0. The lowest BCUT2D eigenvalue weighted by atomic mass is 9.88. The van der Waals surface area contributed by atoms with Crippen LogP contribution in [-0.4, -0.2) is 5.91 Å². The molecule has 4 rings (SSSR count). The van der Waals surface area contributed by atoms with Crippen LogP contribution in [0.1, 0.15) is 25.7 Å². The normalized spacial score (nSPS) is 25.3. The van der Waals surface area contributed by atoms with Crippen molar-refractivity contribution < 1.29 is 9.53 Å². The monoisotopic (exact) mass is 307 g/mol. The maximum Gasteiger partial charge on any atom is 0.227 e. The molecule has 3 atom stereocenters. The van der Waals surface area contributed by atoms with Gasteiger partial charge in [-0.15, -0.1) is 0 Å². The summed E-state index contributed by atoms with van der Waals surface area (Å²) in [7, 11) is 0. The SMILES string of the molecule is O=C(Nc1ccc(Oc2ccccc2)cc1)[C@@H]1C[C@H]2CC[C@H]1C2. The summed E-state index contributed by atoms with van der Waals surface area (Å²) in [4.78, 5) is 12.4. The van der Waals surface area contributed by atoms with Crippen molar-refractivity contribution in [3.63, 3.8) is 0 Å². The zero-order valence-electron chi connectivity index (χ0n) is 13.1.